The van der Waals surface area contributed by atoms with Gasteiger partial charge < -0.3 is 25.3 Å². The lowest BCUT2D eigenvalue weighted by Gasteiger charge is -2.33. The summed E-state index contributed by atoms with van der Waals surface area (Å²) >= 11 is 0. The Labute approximate surface area is 266 Å². The summed E-state index contributed by atoms with van der Waals surface area (Å²) in [6.45, 7) is 10.4. The molecule has 11 heteroatoms. The molecule has 0 aromatic heterocycles. The Morgan fingerprint density at radius 3 is 2.04 bits per heavy atom. The molecular weight excluding hydrogens is 594 g/mol. The number of carbonyl (C=O) groups is 2. The van der Waals surface area contributed by atoms with Crippen molar-refractivity contribution in [3.05, 3.63) is 90.0 Å². The lowest BCUT2D eigenvalue weighted by Crippen LogP contribution is -2.53. The second-order valence-electron chi connectivity index (χ2n) is 12.3. The Morgan fingerprint density at radius 2 is 1.51 bits per heavy atom. The van der Waals surface area contributed by atoms with Crippen molar-refractivity contribution >= 4 is 27.8 Å². The predicted octanol–water partition coefficient (Wildman–Crippen LogP) is 5.56. The van der Waals surface area contributed by atoms with E-state index in [2.05, 4.69) is 5.32 Å². The first-order chi connectivity index (χ1) is 21.1. The molecule has 0 saturated carbocycles. The van der Waals surface area contributed by atoms with Crippen LogP contribution in [0.5, 0.6) is 5.75 Å². The summed E-state index contributed by atoms with van der Waals surface area (Å²) in [4.78, 5) is 25.2. The van der Waals surface area contributed by atoms with E-state index in [0.717, 1.165) is 11.1 Å². The van der Waals surface area contributed by atoms with Gasteiger partial charge in [-0.25, -0.2) is 13.2 Å². The van der Waals surface area contributed by atoms with Crippen LogP contribution in [0.15, 0.2) is 83.8 Å². The van der Waals surface area contributed by atoms with E-state index in [0.29, 0.717) is 5.75 Å². The van der Waals surface area contributed by atoms with Crippen LogP contribution in [-0.4, -0.2) is 55.6 Å². The SMILES string of the molecule is CC(=O)OC(CN(CC(C)C)S(=O)(=O)c1ccc(OCc2ccccc2)c(N)c1)C(Cc1ccccc1)NC(=O)OC(C)(C)C. The van der Waals surface area contributed by atoms with Crippen molar-refractivity contribution in [3.8, 4) is 5.75 Å². The number of esters is 1. The summed E-state index contributed by atoms with van der Waals surface area (Å²) in [6.07, 6.45) is -1.50. The molecule has 0 radical (unpaired) electrons. The minimum absolute atomic E-state index is 0.0333. The van der Waals surface area contributed by atoms with Crippen molar-refractivity contribution in [1.82, 2.24) is 9.62 Å². The van der Waals surface area contributed by atoms with E-state index in [-0.39, 0.29) is 42.6 Å². The van der Waals surface area contributed by atoms with Gasteiger partial charge >= 0.3 is 12.1 Å². The molecule has 3 N–H and O–H groups in total. The molecule has 3 aromatic rings. The quantitative estimate of drug-likeness (QED) is 0.173. The summed E-state index contributed by atoms with van der Waals surface area (Å²) < 4.78 is 46.5. The van der Waals surface area contributed by atoms with Crippen LogP contribution in [0, 0.1) is 5.92 Å². The van der Waals surface area contributed by atoms with Gasteiger partial charge in [-0.05, 0) is 62.4 Å². The Kier molecular flexibility index (Phi) is 12.4. The number of ether oxygens (including phenoxy) is 3. The van der Waals surface area contributed by atoms with Gasteiger partial charge in [-0.15, -0.1) is 0 Å². The number of rotatable bonds is 14. The Morgan fingerprint density at radius 1 is 0.911 bits per heavy atom. The van der Waals surface area contributed by atoms with Crippen LogP contribution < -0.4 is 15.8 Å². The molecule has 0 bridgehead atoms. The molecule has 2 atom stereocenters. The largest absolute Gasteiger partial charge is 0.487 e. The molecule has 45 heavy (non-hydrogen) atoms. The number of benzene rings is 3. The Hall–Kier alpha value is -4.09. The van der Waals surface area contributed by atoms with Crippen LogP contribution in [0.3, 0.4) is 0 Å². The summed E-state index contributed by atoms with van der Waals surface area (Å²) in [5.41, 5.74) is 7.44. The van der Waals surface area contributed by atoms with E-state index in [4.69, 9.17) is 19.9 Å². The van der Waals surface area contributed by atoms with Gasteiger partial charge in [0.1, 0.15) is 24.1 Å². The maximum atomic E-state index is 14.1. The maximum Gasteiger partial charge on any atom is 0.408 e. The Bertz CT molecular complexity index is 1510. The van der Waals surface area contributed by atoms with E-state index < -0.39 is 39.8 Å². The number of anilines is 1. The third-order valence-corrected chi connectivity index (χ3v) is 8.40. The first-order valence-electron chi connectivity index (χ1n) is 14.9. The molecule has 0 spiro atoms. The number of hydrogen-bond donors (Lipinski definition) is 2. The molecule has 244 valence electrons. The second kappa shape index (κ2) is 15.8. The molecule has 0 saturated heterocycles. The summed E-state index contributed by atoms with van der Waals surface area (Å²) in [6, 6.07) is 22.4. The molecule has 0 heterocycles. The summed E-state index contributed by atoms with van der Waals surface area (Å²) in [7, 11) is -4.13. The minimum Gasteiger partial charge on any atom is -0.487 e. The van der Waals surface area contributed by atoms with Crippen molar-refractivity contribution in [1.29, 1.82) is 0 Å². The molecule has 0 fully saturated rings. The van der Waals surface area contributed by atoms with E-state index in [9.17, 15) is 18.0 Å². The van der Waals surface area contributed by atoms with E-state index in [1.807, 2.05) is 74.5 Å². The highest BCUT2D eigenvalue weighted by Gasteiger charge is 2.35. The normalized spacial score (nSPS) is 13.2. The van der Waals surface area contributed by atoms with Gasteiger partial charge in [0.25, 0.3) is 0 Å². The van der Waals surface area contributed by atoms with Crippen LogP contribution >= 0.6 is 0 Å². The highest BCUT2D eigenvalue weighted by molar-refractivity contribution is 7.89. The van der Waals surface area contributed by atoms with Crippen LogP contribution in [0.25, 0.3) is 0 Å². The number of nitrogen functional groups attached to an aromatic ring is 1. The fourth-order valence-electron chi connectivity index (χ4n) is 4.64. The third kappa shape index (κ3) is 11.4. The molecular formula is C34H45N3O7S. The smallest absolute Gasteiger partial charge is 0.408 e. The molecule has 0 aliphatic rings. The fraction of sp³-hybridized carbons (Fsp3) is 0.412. The van der Waals surface area contributed by atoms with Gasteiger partial charge in [-0.2, -0.15) is 4.31 Å². The first-order valence-corrected chi connectivity index (χ1v) is 16.3. The van der Waals surface area contributed by atoms with Crippen LogP contribution in [-0.2, 0) is 37.3 Å². The standard InChI is InChI=1S/C34H45N3O7S/c1-24(2)21-37(45(40,41)28-17-18-31(29(35)20-28)42-23-27-15-11-8-12-16-27)22-32(43-25(3)38)30(19-26-13-9-7-10-14-26)36-33(39)44-34(4,5)6/h7-18,20,24,30,32H,19,21-23,35H2,1-6H3,(H,36,39). The number of nitrogens with one attached hydrogen (secondary N) is 1. The van der Waals surface area contributed by atoms with Crippen LogP contribution in [0.4, 0.5) is 10.5 Å². The van der Waals surface area contributed by atoms with Crippen molar-refractivity contribution in [2.24, 2.45) is 5.92 Å². The van der Waals surface area contributed by atoms with Gasteiger partial charge in [0, 0.05) is 13.5 Å². The second-order valence-corrected chi connectivity index (χ2v) is 14.2. The van der Waals surface area contributed by atoms with Gasteiger partial charge in [0.2, 0.25) is 10.0 Å². The lowest BCUT2D eigenvalue weighted by atomic mass is 10.0. The molecule has 3 rings (SSSR count). The number of nitrogens with zero attached hydrogens (tertiary/aromatic N) is 1. The number of sulfonamides is 1. The molecule has 10 nitrogen and oxygen atoms in total. The number of amides is 1. The van der Waals surface area contributed by atoms with E-state index in [1.54, 1.807) is 20.8 Å². The van der Waals surface area contributed by atoms with Gasteiger partial charge in [0.05, 0.1) is 23.2 Å². The first kappa shape index (κ1) is 35.4. The number of alkyl carbamates (subject to hydrolysis) is 1. The average molecular weight is 640 g/mol. The van der Waals surface area contributed by atoms with Crippen molar-refractivity contribution < 1.29 is 32.2 Å². The minimum atomic E-state index is -4.13. The zero-order valence-corrected chi connectivity index (χ0v) is 27.7. The van der Waals surface area contributed by atoms with E-state index in [1.165, 1.54) is 29.4 Å². The zero-order chi connectivity index (χ0) is 33.2. The van der Waals surface area contributed by atoms with Crippen molar-refractivity contribution in [2.75, 3.05) is 18.8 Å². The number of carbonyl (C=O) groups excluding carboxylic acids is 2. The summed E-state index contributed by atoms with van der Waals surface area (Å²) in [5.74, 6) is -0.333. The topological polar surface area (TPSA) is 137 Å². The van der Waals surface area contributed by atoms with Crippen molar-refractivity contribution in [3.63, 3.8) is 0 Å². The number of hydrogen-bond acceptors (Lipinski definition) is 8. The number of nitrogens with two attached hydrogens (primary N) is 1. The zero-order valence-electron chi connectivity index (χ0n) is 26.9. The van der Waals surface area contributed by atoms with Gasteiger partial charge in [0.15, 0.2) is 0 Å². The molecule has 2 unspecified atom stereocenters. The molecule has 0 aliphatic heterocycles. The monoisotopic (exact) mass is 639 g/mol. The van der Waals surface area contributed by atoms with Crippen molar-refractivity contribution in [2.45, 2.75) is 77.2 Å². The summed E-state index contributed by atoms with van der Waals surface area (Å²) in [5, 5.41) is 2.83. The molecule has 1 amide bonds. The van der Waals surface area contributed by atoms with Crippen LogP contribution in [0.2, 0.25) is 0 Å². The van der Waals surface area contributed by atoms with E-state index >= 15 is 0 Å². The predicted molar refractivity (Wildman–Crippen MR) is 174 cm³/mol. The average Bonchev–Trinajstić information content (AvgIpc) is 2.95. The highest BCUT2D eigenvalue weighted by atomic mass is 32.2. The van der Waals surface area contributed by atoms with Gasteiger partial charge in [-0.1, -0.05) is 74.5 Å². The highest BCUT2D eigenvalue weighted by Crippen LogP contribution is 2.28. The Balaban J connectivity index is 1.93. The van der Waals surface area contributed by atoms with Gasteiger partial charge in [-0.3, -0.25) is 4.79 Å². The molecule has 3 aromatic carbocycles. The third-order valence-electron chi connectivity index (χ3n) is 6.58. The maximum absolute atomic E-state index is 14.1. The van der Waals surface area contributed by atoms with Crippen LogP contribution in [0.1, 0.15) is 52.7 Å². The lowest BCUT2D eigenvalue weighted by molar-refractivity contribution is -0.148. The fourth-order valence-corrected chi connectivity index (χ4v) is 6.30. The molecule has 0 aliphatic carbocycles.